The van der Waals surface area contributed by atoms with Crippen molar-refractivity contribution in [3.8, 4) is 5.75 Å². The van der Waals surface area contributed by atoms with E-state index in [0.717, 1.165) is 19.3 Å². The van der Waals surface area contributed by atoms with Gasteiger partial charge in [0.15, 0.2) is 12.2 Å². The summed E-state index contributed by atoms with van der Waals surface area (Å²) in [5.41, 5.74) is 3.46. The highest BCUT2D eigenvalue weighted by Crippen LogP contribution is 2.24. The Morgan fingerprint density at radius 3 is 2.70 bits per heavy atom. The molecule has 1 aromatic carbocycles. The van der Waals surface area contributed by atoms with Crippen molar-refractivity contribution in [2.45, 2.75) is 57.7 Å². The van der Waals surface area contributed by atoms with Gasteiger partial charge in [-0.3, -0.25) is 10.1 Å². The molecule has 3 amide bonds. The second kappa shape index (κ2) is 10.1. The van der Waals surface area contributed by atoms with Gasteiger partial charge in [-0.2, -0.15) is 5.10 Å². The Bertz CT molecular complexity index is 825. The van der Waals surface area contributed by atoms with Crippen LogP contribution in [0.5, 0.6) is 5.75 Å². The van der Waals surface area contributed by atoms with E-state index in [1.807, 2.05) is 4.90 Å². The summed E-state index contributed by atoms with van der Waals surface area (Å²) in [5, 5.41) is 16.5. The molecule has 2 heterocycles. The molecule has 2 unspecified atom stereocenters. The molecule has 1 saturated heterocycles. The number of rotatable bonds is 9. The Balaban J connectivity index is 1.69. The first-order valence-corrected chi connectivity index (χ1v) is 10.5. The number of nitrogens with zero attached hydrogens (tertiary/aromatic N) is 4. The molecule has 1 fully saturated rings. The molecule has 2 aliphatic rings. The number of para-hydroxylation sites is 1. The van der Waals surface area contributed by atoms with Crippen LogP contribution in [-0.4, -0.2) is 64.8 Å². The van der Waals surface area contributed by atoms with Gasteiger partial charge in [-0.25, -0.2) is 15.2 Å². The van der Waals surface area contributed by atoms with Crippen molar-refractivity contribution in [1.82, 2.24) is 20.5 Å². The smallest absolute Gasteiger partial charge is 0.325 e. The van der Waals surface area contributed by atoms with Gasteiger partial charge >= 0.3 is 6.03 Å². The van der Waals surface area contributed by atoms with E-state index in [9.17, 15) is 14.7 Å². The number of hydrogen-bond acceptors (Lipinski definition) is 7. The lowest BCUT2D eigenvalue weighted by molar-refractivity contribution is -0.127. The lowest BCUT2D eigenvalue weighted by Crippen LogP contribution is -2.64. The zero-order valence-corrected chi connectivity index (χ0v) is 17.5. The number of amides is 3. The molecule has 2 atom stereocenters. The molecule has 0 aromatic heterocycles. The molecular weight excluding hydrogens is 384 g/mol. The molecule has 0 radical (unpaired) electrons. The fraction of sp³-hybridized carbons (Fsp3) is 0.524. The van der Waals surface area contributed by atoms with E-state index in [1.54, 1.807) is 31.3 Å². The van der Waals surface area contributed by atoms with Crippen molar-refractivity contribution in [3.05, 3.63) is 29.8 Å². The van der Waals surface area contributed by atoms with Gasteiger partial charge in [0.2, 0.25) is 5.96 Å². The largest absolute Gasteiger partial charge is 0.507 e. The summed E-state index contributed by atoms with van der Waals surface area (Å²) in [6.45, 7) is 2.83. The number of imide groups is 1. The van der Waals surface area contributed by atoms with Gasteiger partial charge in [0.1, 0.15) is 5.75 Å². The van der Waals surface area contributed by atoms with Crippen molar-refractivity contribution >= 4 is 24.1 Å². The first kappa shape index (κ1) is 21.6. The summed E-state index contributed by atoms with van der Waals surface area (Å²) < 4.78 is 0. The monoisotopic (exact) mass is 414 g/mol. The number of benzene rings is 1. The number of aliphatic imine (C=N–C) groups is 1. The highest BCUT2D eigenvalue weighted by atomic mass is 16.3. The number of carbonyl (C=O) groups excluding carboxylic acids is 2. The van der Waals surface area contributed by atoms with Crippen LogP contribution in [0.15, 0.2) is 34.4 Å². The Kier molecular flexibility index (Phi) is 7.26. The number of phenols is 1. The topological polar surface area (TPSA) is 110 Å². The normalized spacial score (nSPS) is 21.1. The number of phenolic OH excluding ortho intramolecular Hbond substituents is 1. The van der Waals surface area contributed by atoms with E-state index >= 15 is 0 Å². The van der Waals surface area contributed by atoms with Crippen LogP contribution in [0.3, 0.4) is 0 Å². The van der Waals surface area contributed by atoms with Gasteiger partial charge < -0.3 is 14.9 Å². The van der Waals surface area contributed by atoms with Gasteiger partial charge in [-0.1, -0.05) is 51.2 Å². The Hall–Kier alpha value is -3.10. The lowest BCUT2D eigenvalue weighted by Gasteiger charge is -2.36. The number of nitrogens with one attached hydrogen (secondary N) is 2. The standard InChI is InChI=1S/C21H30N6O3/c1-3-4-5-6-7-10-13-27-17-18(26(2)21(30)24-19(17)29)23-20(27)25-22-14-15-11-8-9-12-16(15)28/h8-9,11-12,14,17-18,28H,3-7,10,13H2,1-2H3,(H,23,25)(H,24,29,30)/b22-14+. The number of guanidine groups is 1. The summed E-state index contributed by atoms with van der Waals surface area (Å²) in [7, 11) is 1.63. The molecule has 0 saturated carbocycles. The molecule has 9 nitrogen and oxygen atoms in total. The Morgan fingerprint density at radius 2 is 1.93 bits per heavy atom. The quantitative estimate of drug-likeness (QED) is 0.326. The first-order valence-electron chi connectivity index (χ1n) is 10.5. The molecule has 3 rings (SSSR count). The summed E-state index contributed by atoms with van der Waals surface area (Å²) in [6.07, 6.45) is 7.70. The van der Waals surface area contributed by atoms with E-state index in [0.29, 0.717) is 18.1 Å². The van der Waals surface area contributed by atoms with Crippen LogP contribution in [0.2, 0.25) is 0 Å². The number of urea groups is 1. The van der Waals surface area contributed by atoms with Gasteiger partial charge in [0.25, 0.3) is 5.91 Å². The van der Waals surface area contributed by atoms with E-state index in [2.05, 4.69) is 27.8 Å². The number of hydrogen-bond donors (Lipinski definition) is 3. The van der Waals surface area contributed by atoms with Gasteiger partial charge in [-0.15, -0.1) is 0 Å². The van der Waals surface area contributed by atoms with Crippen molar-refractivity contribution in [1.29, 1.82) is 0 Å². The number of likely N-dealkylation sites (N-methyl/N-ethyl adjacent to an activating group) is 1. The maximum absolute atomic E-state index is 12.5. The molecule has 0 bridgehead atoms. The maximum Gasteiger partial charge on any atom is 0.325 e. The number of hydrazone groups is 1. The van der Waals surface area contributed by atoms with Crippen molar-refractivity contribution in [2.75, 3.05) is 13.6 Å². The van der Waals surface area contributed by atoms with E-state index in [4.69, 9.17) is 0 Å². The van der Waals surface area contributed by atoms with Gasteiger partial charge in [-0.05, 0) is 18.6 Å². The number of fused-ring (bicyclic) bond motifs is 1. The molecule has 3 N–H and O–H groups in total. The van der Waals surface area contributed by atoms with Crippen molar-refractivity contribution < 1.29 is 14.7 Å². The summed E-state index contributed by atoms with van der Waals surface area (Å²) >= 11 is 0. The molecule has 0 aliphatic carbocycles. The second-order valence-corrected chi connectivity index (χ2v) is 7.61. The summed E-state index contributed by atoms with van der Waals surface area (Å²) in [5.74, 6) is 0.222. The number of unbranched alkanes of at least 4 members (excludes halogenated alkanes) is 5. The van der Waals surface area contributed by atoms with Crippen LogP contribution in [0.4, 0.5) is 4.79 Å². The Morgan fingerprint density at radius 1 is 1.20 bits per heavy atom. The van der Waals surface area contributed by atoms with Gasteiger partial charge in [0.05, 0.1) is 6.21 Å². The number of carbonyl (C=O) groups is 2. The maximum atomic E-state index is 12.5. The lowest BCUT2D eigenvalue weighted by atomic mass is 10.1. The minimum absolute atomic E-state index is 0.124. The first-order chi connectivity index (χ1) is 14.5. The molecule has 30 heavy (non-hydrogen) atoms. The molecular formula is C21H30N6O3. The fourth-order valence-corrected chi connectivity index (χ4v) is 3.68. The second-order valence-electron chi connectivity index (χ2n) is 7.61. The highest BCUT2D eigenvalue weighted by molar-refractivity contribution is 6.03. The van der Waals surface area contributed by atoms with Crippen LogP contribution in [0, 0.1) is 0 Å². The highest BCUT2D eigenvalue weighted by Gasteiger charge is 2.48. The molecule has 162 valence electrons. The molecule has 9 heteroatoms. The van der Waals surface area contributed by atoms with Gasteiger partial charge in [0, 0.05) is 19.2 Å². The predicted octanol–water partition coefficient (Wildman–Crippen LogP) is 2.22. The predicted molar refractivity (Wildman–Crippen MR) is 115 cm³/mol. The Labute approximate surface area is 176 Å². The molecule has 1 aromatic rings. The van der Waals surface area contributed by atoms with E-state index < -0.39 is 18.2 Å². The third-order valence-corrected chi connectivity index (χ3v) is 5.42. The van der Waals surface area contributed by atoms with Crippen LogP contribution < -0.4 is 10.7 Å². The van der Waals surface area contributed by atoms with Crippen LogP contribution >= 0.6 is 0 Å². The minimum atomic E-state index is -0.589. The fourth-order valence-electron chi connectivity index (χ4n) is 3.68. The van der Waals surface area contributed by atoms with E-state index in [1.165, 1.54) is 30.4 Å². The molecule has 2 aliphatic heterocycles. The average Bonchev–Trinajstić information content (AvgIpc) is 3.09. The molecule has 0 spiro atoms. The van der Waals surface area contributed by atoms with Crippen LogP contribution in [-0.2, 0) is 4.79 Å². The number of aromatic hydroxyl groups is 1. The van der Waals surface area contributed by atoms with Crippen LogP contribution in [0.25, 0.3) is 0 Å². The summed E-state index contributed by atoms with van der Waals surface area (Å²) in [6, 6.07) is 5.83. The van der Waals surface area contributed by atoms with E-state index in [-0.39, 0.29) is 11.7 Å². The zero-order chi connectivity index (χ0) is 21.5. The third kappa shape index (κ3) is 4.90. The van der Waals surface area contributed by atoms with Crippen molar-refractivity contribution in [2.24, 2.45) is 10.1 Å². The third-order valence-electron chi connectivity index (χ3n) is 5.42. The van der Waals surface area contributed by atoms with Crippen LogP contribution in [0.1, 0.15) is 51.0 Å². The summed E-state index contributed by atoms with van der Waals surface area (Å²) in [4.78, 5) is 32.4. The van der Waals surface area contributed by atoms with Crippen molar-refractivity contribution in [3.63, 3.8) is 0 Å². The minimum Gasteiger partial charge on any atom is -0.507 e. The zero-order valence-electron chi connectivity index (χ0n) is 17.5. The SMILES string of the molecule is CCCCCCCCN1C(N/N=C/c2ccccc2O)=NC2C1C(=O)NC(=O)N2C. The average molecular weight is 415 g/mol.